The molecule has 1 aromatic carbocycles. The average molecular weight is 248 g/mol. The van der Waals surface area contributed by atoms with Gasteiger partial charge in [0.15, 0.2) is 0 Å². The summed E-state index contributed by atoms with van der Waals surface area (Å²) in [5.41, 5.74) is 6.99. The molecule has 0 amide bonds. The van der Waals surface area contributed by atoms with Gasteiger partial charge in [0.05, 0.1) is 18.9 Å². The SMILES string of the molecule is COc1ccc(N)c(C(=O)OCc2cnoc2)c1. The Labute approximate surface area is 103 Å². The minimum absolute atomic E-state index is 0.0823. The summed E-state index contributed by atoms with van der Waals surface area (Å²) in [7, 11) is 1.51. The molecule has 0 spiro atoms. The lowest BCUT2D eigenvalue weighted by molar-refractivity contribution is 0.0473. The van der Waals surface area contributed by atoms with Gasteiger partial charge in [0.1, 0.15) is 18.6 Å². The number of carbonyl (C=O) groups excluding carboxylic acids is 1. The van der Waals surface area contributed by atoms with E-state index in [-0.39, 0.29) is 12.2 Å². The molecule has 2 aromatic rings. The topological polar surface area (TPSA) is 87.6 Å². The third kappa shape index (κ3) is 2.60. The van der Waals surface area contributed by atoms with Gasteiger partial charge in [-0.05, 0) is 18.2 Å². The molecule has 2 N–H and O–H groups in total. The molecular weight excluding hydrogens is 236 g/mol. The van der Waals surface area contributed by atoms with E-state index in [0.29, 0.717) is 17.0 Å². The van der Waals surface area contributed by atoms with Crippen molar-refractivity contribution in [1.82, 2.24) is 5.16 Å². The maximum Gasteiger partial charge on any atom is 0.340 e. The van der Waals surface area contributed by atoms with Gasteiger partial charge in [-0.25, -0.2) is 4.79 Å². The molecule has 0 unspecified atom stereocenters. The van der Waals surface area contributed by atoms with Crippen molar-refractivity contribution in [2.24, 2.45) is 0 Å². The zero-order valence-corrected chi connectivity index (χ0v) is 9.75. The quantitative estimate of drug-likeness (QED) is 0.653. The molecule has 0 fully saturated rings. The molecular formula is C12H12N2O4. The Kier molecular flexibility index (Phi) is 3.47. The number of aromatic nitrogens is 1. The van der Waals surface area contributed by atoms with Gasteiger partial charge in [-0.2, -0.15) is 0 Å². The molecule has 1 heterocycles. The van der Waals surface area contributed by atoms with Gasteiger partial charge in [0.25, 0.3) is 0 Å². The molecule has 6 heteroatoms. The Morgan fingerprint density at radius 3 is 3.00 bits per heavy atom. The van der Waals surface area contributed by atoms with Crippen LogP contribution in [0.2, 0.25) is 0 Å². The van der Waals surface area contributed by atoms with Gasteiger partial charge < -0.3 is 19.7 Å². The normalized spacial score (nSPS) is 10.1. The van der Waals surface area contributed by atoms with Crippen LogP contribution in [0.4, 0.5) is 5.69 Å². The van der Waals surface area contributed by atoms with Crippen molar-refractivity contribution in [1.29, 1.82) is 0 Å². The fourth-order valence-electron chi connectivity index (χ4n) is 1.36. The second-order valence-corrected chi connectivity index (χ2v) is 3.56. The van der Waals surface area contributed by atoms with Crippen molar-refractivity contribution in [2.75, 3.05) is 12.8 Å². The highest BCUT2D eigenvalue weighted by Crippen LogP contribution is 2.20. The second-order valence-electron chi connectivity index (χ2n) is 3.56. The summed E-state index contributed by atoms with van der Waals surface area (Å²) in [4.78, 5) is 11.8. The fourth-order valence-corrected chi connectivity index (χ4v) is 1.36. The summed E-state index contributed by atoms with van der Waals surface area (Å²) in [5, 5.41) is 3.51. The van der Waals surface area contributed by atoms with E-state index in [9.17, 15) is 4.79 Å². The van der Waals surface area contributed by atoms with Crippen molar-refractivity contribution >= 4 is 11.7 Å². The van der Waals surface area contributed by atoms with Gasteiger partial charge in [0.2, 0.25) is 0 Å². The molecule has 0 atom stereocenters. The van der Waals surface area contributed by atoms with E-state index in [1.165, 1.54) is 25.6 Å². The Morgan fingerprint density at radius 2 is 2.33 bits per heavy atom. The van der Waals surface area contributed by atoms with Crippen LogP contribution in [0, 0.1) is 0 Å². The molecule has 0 radical (unpaired) electrons. The first-order valence-electron chi connectivity index (χ1n) is 5.19. The van der Waals surface area contributed by atoms with Crippen molar-refractivity contribution in [3.63, 3.8) is 0 Å². The van der Waals surface area contributed by atoms with E-state index in [1.54, 1.807) is 12.1 Å². The Hall–Kier alpha value is -2.50. The second kappa shape index (κ2) is 5.22. The highest BCUT2D eigenvalue weighted by atomic mass is 16.5. The Balaban J connectivity index is 2.08. The van der Waals surface area contributed by atoms with Crippen LogP contribution in [0.25, 0.3) is 0 Å². The molecule has 0 bridgehead atoms. The standard InChI is InChI=1S/C12H12N2O4/c1-16-9-2-3-11(13)10(4-9)12(15)17-6-8-5-14-18-7-8/h2-5,7H,6,13H2,1H3. The summed E-state index contributed by atoms with van der Waals surface area (Å²) in [6.07, 6.45) is 2.88. The minimum atomic E-state index is -0.521. The maximum atomic E-state index is 11.8. The molecule has 6 nitrogen and oxygen atoms in total. The lowest BCUT2D eigenvalue weighted by Gasteiger charge is -2.07. The molecule has 1 aromatic heterocycles. The van der Waals surface area contributed by atoms with Crippen LogP contribution < -0.4 is 10.5 Å². The molecule has 0 aliphatic rings. The van der Waals surface area contributed by atoms with E-state index < -0.39 is 5.97 Å². The van der Waals surface area contributed by atoms with Crippen molar-refractivity contribution in [3.8, 4) is 5.75 Å². The largest absolute Gasteiger partial charge is 0.497 e. The van der Waals surface area contributed by atoms with Crippen LogP contribution in [0.5, 0.6) is 5.75 Å². The van der Waals surface area contributed by atoms with Gasteiger partial charge in [0, 0.05) is 11.3 Å². The van der Waals surface area contributed by atoms with E-state index in [0.717, 1.165) is 0 Å². The van der Waals surface area contributed by atoms with Crippen LogP contribution in [0.15, 0.2) is 35.2 Å². The number of nitrogen functional groups attached to an aromatic ring is 1. The third-order valence-corrected chi connectivity index (χ3v) is 2.33. The highest BCUT2D eigenvalue weighted by molar-refractivity contribution is 5.95. The number of benzene rings is 1. The van der Waals surface area contributed by atoms with Crippen LogP contribution in [0.1, 0.15) is 15.9 Å². The number of carbonyl (C=O) groups is 1. The van der Waals surface area contributed by atoms with Crippen molar-refractivity contribution in [2.45, 2.75) is 6.61 Å². The lowest BCUT2D eigenvalue weighted by atomic mass is 10.2. The van der Waals surface area contributed by atoms with E-state index in [1.807, 2.05) is 0 Å². The van der Waals surface area contributed by atoms with Crippen LogP contribution in [-0.4, -0.2) is 18.2 Å². The molecule has 94 valence electrons. The number of ether oxygens (including phenoxy) is 2. The van der Waals surface area contributed by atoms with Gasteiger partial charge in [-0.1, -0.05) is 5.16 Å². The summed E-state index contributed by atoms with van der Waals surface area (Å²) >= 11 is 0. The first-order valence-corrected chi connectivity index (χ1v) is 5.19. The van der Waals surface area contributed by atoms with Gasteiger partial charge >= 0.3 is 5.97 Å². The zero-order valence-electron chi connectivity index (χ0n) is 9.75. The molecule has 2 rings (SSSR count). The summed E-state index contributed by atoms with van der Waals surface area (Å²) in [6.45, 7) is 0.0823. The minimum Gasteiger partial charge on any atom is -0.497 e. The summed E-state index contributed by atoms with van der Waals surface area (Å²) in [5.74, 6) is 0.0220. The lowest BCUT2D eigenvalue weighted by Crippen LogP contribution is -2.08. The predicted octanol–water partition coefficient (Wildman–Crippen LogP) is 1.62. The number of anilines is 1. The van der Waals surface area contributed by atoms with Crippen molar-refractivity contribution < 1.29 is 18.8 Å². The number of hydrogen-bond acceptors (Lipinski definition) is 6. The van der Waals surface area contributed by atoms with Gasteiger partial charge in [-0.15, -0.1) is 0 Å². The van der Waals surface area contributed by atoms with E-state index in [4.69, 9.17) is 15.2 Å². The number of esters is 1. The zero-order chi connectivity index (χ0) is 13.0. The monoisotopic (exact) mass is 248 g/mol. The molecule has 0 saturated heterocycles. The van der Waals surface area contributed by atoms with Crippen LogP contribution in [-0.2, 0) is 11.3 Å². The number of nitrogens with two attached hydrogens (primary N) is 1. The van der Waals surface area contributed by atoms with E-state index >= 15 is 0 Å². The predicted molar refractivity (Wildman–Crippen MR) is 63.0 cm³/mol. The number of methoxy groups -OCH3 is 1. The average Bonchev–Trinajstić information content (AvgIpc) is 2.89. The molecule has 0 aliphatic carbocycles. The third-order valence-electron chi connectivity index (χ3n) is 2.33. The molecule has 0 aliphatic heterocycles. The first kappa shape index (κ1) is 12.0. The van der Waals surface area contributed by atoms with E-state index in [2.05, 4.69) is 9.68 Å². The molecule has 0 saturated carbocycles. The fraction of sp³-hybridized carbons (Fsp3) is 0.167. The summed E-state index contributed by atoms with van der Waals surface area (Å²) in [6, 6.07) is 4.80. The maximum absolute atomic E-state index is 11.8. The Bertz CT molecular complexity index is 537. The number of rotatable bonds is 4. The van der Waals surface area contributed by atoms with Crippen LogP contribution >= 0.6 is 0 Å². The van der Waals surface area contributed by atoms with Crippen LogP contribution in [0.3, 0.4) is 0 Å². The summed E-state index contributed by atoms with van der Waals surface area (Å²) < 4.78 is 14.7. The molecule has 18 heavy (non-hydrogen) atoms. The van der Waals surface area contributed by atoms with Gasteiger partial charge in [-0.3, -0.25) is 0 Å². The van der Waals surface area contributed by atoms with Crippen molar-refractivity contribution in [3.05, 3.63) is 41.8 Å². The highest BCUT2D eigenvalue weighted by Gasteiger charge is 2.13. The number of hydrogen-bond donors (Lipinski definition) is 1. The smallest absolute Gasteiger partial charge is 0.340 e. The number of nitrogens with zero attached hydrogens (tertiary/aromatic N) is 1. The Morgan fingerprint density at radius 1 is 1.50 bits per heavy atom. The first-order chi connectivity index (χ1) is 8.70.